The van der Waals surface area contributed by atoms with Gasteiger partial charge in [-0.05, 0) is 61.9 Å². The zero-order valence-corrected chi connectivity index (χ0v) is 15.6. The van der Waals surface area contributed by atoms with Gasteiger partial charge < -0.3 is 10.6 Å². The van der Waals surface area contributed by atoms with Crippen LogP contribution in [-0.2, 0) is 0 Å². The molecule has 0 bridgehead atoms. The number of nitrogens with one attached hydrogen (secondary N) is 2. The van der Waals surface area contributed by atoms with Crippen molar-refractivity contribution in [3.8, 4) is 0 Å². The van der Waals surface area contributed by atoms with Crippen molar-refractivity contribution < 1.29 is 4.79 Å². The Hall–Kier alpha value is -2.66. The molecule has 3 rings (SSSR count). The largest absolute Gasteiger partial charge is 0.340 e. The van der Waals surface area contributed by atoms with E-state index in [1.54, 1.807) is 18.3 Å². The van der Waals surface area contributed by atoms with Crippen molar-refractivity contribution in [2.45, 2.75) is 13.8 Å². The van der Waals surface area contributed by atoms with E-state index >= 15 is 0 Å². The summed E-state index contributed by atoms with van der Waals surface area (Å²) < 4.78 is 0.938. The predicted molar refractivity (Wildman–Crippen MR) is 106 cm³/mol. The summed E-state index contributed by atoms with van der Waals surface area (Å²) in [6.07, 6.45) is 1.64. The SMILES string of the molecule is Cc1ccc(Nc2ccc(NC(=O)c3ccc(Br)cc3)cn2)c(C)c1. The van der Waals surface area contributed by atoms with E-state index in [1.165, 1.54) is 5.56 Å². The molecule has 4 nitrogen and oxygen atoms in total. The van der Waals surface area contributed by atoms with Crippen LogP contribution in [0.15, 0.2) is 65.3 Å². The third-order valence-electron chi connectivity index (χ3n) is 3.77. The third-order valence-corrected chi connectivity index (χ3v) is 4.30. The zero-order chi connectivity index (χ0) is 17.8. The molecule has 5 heteroatoms. The molecule has 126 valence electrons. The van der Waals surface area contributed by atoms with Gasteiger partial charge in [0.15, 0.2) is 0 Å². The topological polar surface area (TPSA) is 54.0 Å². The molecule has 0 atom stereocenters. The van der Waals surface area contributed by atoms with Crippen molar-refractivity contribution in [1.82, 2.24) is 4.98 Å². The molecule has 0 aliphatic carbocycles. The van der Waals surface area contributed by atoms with Gasteiger partial charge in [0, 0.05) is 15.7 Å². The first-order chi connectivity index (χ1) is 12.0. The summed E-state index contributed by atoms with van der Waals surface area (Å²) in [5.41, 5.74) is 4.65. The molecule has 2 aromatic carbocycles. The number of hydrogen-bond donors (Lipinski definition) is 2. The zero-order valence-electron chi connectivity index (χ0n) is 14.0. The van der Waals surface area contributed by atoms with Crippen LogP contribution in [0.1, 0.15) is 21.5 Å². The smallest absolute Gasteiger partial charge is 0.255 e. The first-order valence-electron chi connectivity index (χ1n) is 7.88. The van der Waals surface area contributed by atoms with E-state index in [0.717, 1.165) is 21.5 Å². The normalized spacial score (nSPS) is 10.4. The Morgan fingerprint density at radius 1 is 1.00 bits per heavy atom. The molecule has 0 aliphatic rings. The maximum Gasteiger partial charge on any atom is 0.255 e. The number of nitrogens with zero attached hydrogens (tertiary/aromatic N) is 1. The van der Waals surface area contributed by atoms with Crippen LogP contribution in [0.5, 0.6) is 0 Å². The number of hydrogen-bond acceptors (Lipinski definition) is 3. The summed E-state index contributed by atoms with van der Waals surface area (Å²) in [6.45, 7) is 4.13. The molecule has 0 spiro atoms. The highest BCUT2D eigenvalue weighted by Gasteiger charge is 2.06. The summed E-state index contributed by atoms with van der Waals surface area (Å²) in [7, 11) is 0. The number of pyridine rings is 1. The molecular formula is C20H18BrN3O. The van der Waals surface area contributed by atoms with Crippen molar-refractivity contribution in [2.75, 3.05) is 10.6 Å². The van der Waals surface area contributed by atoms with Gasteiger partial charge in [0.1, 0.15) is 5.82 Å². The van der Waals surface area contributed by atoms with E-state index in [9.17, 15) is 4.79 Å². The third kappa shape index (κ3) is 4.45. The number of rotatable bonds is 4. The van der Waals surface area contributed by atoms with E-state index in [4.69, 9.17) is 0 Å². The highest BCUT2D eigenvalue weighted by atomic mass is 79.9. The molecular weight excluding hydrogens is 378 g/mol. The number of aryl methyl sites for hydroxylation is 2. The Kier molecular flexibility index (Phi) is 5.14. The molecule has 1 heterocycles. The first kappa shape index (κ1) is 17.2. The van der Waals surface area contributed by atoms with Gasteiger partial charge in [0.2, 0.25) is 0 Å². The van der Waals surface area contributed by atoms with Gasteiger partial charge in [-0.1, -0.05) is 33.6 Å². The first-order valence-corrected chi connectivity index (χ1v) is 8.68. The molecule has 0 saturated heterocycles. The minimum Gasteiger partial charge on any atom is -0.340 e. The van der Waals surface area contributed by atoms with Gasteiger partial charge in [0.05, 0.1) is 11.9 Å². The van der Waals surface area contributed by atoms with Crippen molar-refractivity contribution in [3.05, 3.63) is 82.0 Å². The number of anilines is 3. The summed E-state index contributed by atoms with van der Waals surface area (Å²) in [4.78, 5) is 16.6. The minimum atomic E-state index is -0.163. The molecule has 0 radical (unpaired) electrons. The monoisotopic (exact) mass is 395 g/mol. The van der Waals surface area contributed by atoms with Gasteiger partial charge in [-0.25, -0.2) is 4.98 Å². The predicted octanol–water partition coefficient (Wildman–Crippen LogP) is 5.46. The van der Waals surface area contributed by atoms with Crippen LogP contribution in [-0.4, -0.2) is 10.9 Å². The number of aromatic nitrogens is 1. The van der Waals surface area contributed by atoms with E-state index in [2.05, 4.69) is 57.5 Å². The van der Waals surface area contributed by atoms with E-state index in [1.807, 2.05) is 30.3 Å². The second kappa shape index (κ2) is 7.49. The Labute approximate surface area is 155 Å². The fraction of sp³-hybridized carbons (Fsp3) is 0.100. The van der Waals surface area contributed by atoms with Gasteiger partial charge in [0.25, 0.3) is 5.91 Å². The fourth-order valence-electron chi connectivity index (χ4n) is 2.44. The number of carbonyl (C=O) groups excluding carboxylic acids is 1. The van der Waals surface area contributed by atoms with E-state index in [-0.39, 0.29) is 5.91 Å². The van der Waals surface area contributed by atoms with Crippen LogP contribution < -0.4 is 10.6 Å². The van der Waals surface area contributed by atoms with Crippen molar-refractivity contribution in [2.24, 2.45) is 0 Å². The highest BCUT2D eigenvalue weighted by molar-refractivity contribution is 9.10. The molecule has 1 amide bonds. The van der Waals surface area contributed by atoms with Gasteiger partial charge in [-0.15, -0.1) is 0 Å². The summed E-state index contributed by atoms with van der Waals surface area (Å²) in [5.74, 6) is 0.568. The van der Waals surface area contributed by atoms with Crippen LogP contribution in [0.2, 0.25) is 0 Å². The number of halogens is 1. The Morgan fingerprint density at radius 2 is 1.76 bits per heavy atom. The van der Waals surface area contributed by atoms with E-state index in [0.29, 0.717) is 11.3 Å². The Balaban J connectivity index is 1.67. The van der Waals surface area contributed by atoms with Crippen molar-refractivity contribution >= 4 is 39.0 Å². The Morgan fingerprint density at radius 3 is 2.40 bits per heavy atom. The van der Waals surface area contributed by atoms with Crippen LogP contribution in [0, 0.1) is 13.8 Å². The summed E-state index contributed by atoms with van der Waals surface area (Å²) >= 11 is 3.36. The summed E-state index contributed by atoms with van der Waals surface area (Å²) in [6, 6.07) is 17.1. The maximum atomic E-state index is 12.2. The number of carbonyl (C=O) groups is 1. The molecule has 0 fully saturated rings. The van der Waals surface area contributed by atoms with Crippen molar-refractivity contribution in [3.63, 3.8) is 0 Å². The molecule has 1 aromatic heterocycles. The molecule has 3 aromatic rings. The molecule has 0 aliphatic heterocycles. The summed E-state index contributed by atoms with van der Waals surface area (Å²) in [5, 5.41) is 6.13. The van der Waals surface area contributed by atoms with Gasteiger partial charge in [-0.2, -0.15) is 0 Å². The van der Waals surface area contributed by atoms with Gasteiger partial charge >= 0.3 is 0 Å². The van der Waals surface area contributed by atoms with Crippen molar-refractivity contribution in [1.29, 1.82) is 0 Å². The number of amides is 1. The Bertz CT molecular complexity index is 890. The minimum absolute atomic E-state index is 0.163. The highest BCUT2D eigenvalue weighted by Crippen LogP contribution is 2.21. The fourth-order valence-corrected chi connectivity index (χ4v) is 2.70. The lowest BCUT2D eigenvalue weighted by Gasteiger charge is -2.10. The lowest BCUT2D eigenvalue weighted by Crippen LogP contribution is -2.11. The van der Waals surface area contributed by atoms with Gasteiger partial charge in [-0.3, -0.25) is 4.79 Å². The molecule has 25 heavy (non-hydrogen) atoms. The molecule has 0 unspecified atom stereocenters. The lowest BCUT2D eigenvalue weighted by atomic mass is 10.1. The lowest BCUT2D eigenvalue weighted by molar-refractivity contribution is 0.102. The quantitative estimate of drug-likeness (QED) is 0.616. The van der Waals surface area contributed by atoms with Crippen LogP contribution in [0.4, 0.5) is 17.2 Å². The molecule has 0 saturated carbocycles. The van der Waals surface area contributed by atoms with E-state index < -0.39 is 0 Å². The average Bonchev–Trinajstić information content (AvgIpc) is 2.59. The number of benzene rings is 2. The van der Waals surface area contributed by atoms with Crippen LogP contribution in [0.3, 0.4) is 0 Å². The standard InChI is InChI=1S/C20H18BrN3O/c1-13-3-9-18(14(2)11-13)24-19-10-8-17(12-22-19)23-20(25)15-4-6-16(21)7-5-15/h3-12H,1-2H3,(H,22,24)(H,23,25). The van der Waals surface area contributed by atoms with Crippen LogP contribution >= 0.6 is 15.9 Å². The second-order valence-corrected chi connectivity index (χ2v) is 6.75. The molecule has 2 N–H and O–H groups in total. The average molecular weight is 396 g/mol. The maximum absolute atomic E-state index is 12.2. The second-order valence-electron chi connectivity index (χ2n) is 5.84. The van der Waals surface area contributed by atoms with Crippen LogP contribution in [0.25, 0.3) is 0 Å².